The highest BCUT2D eigenvalue weighted by atomic mass is 32.2. The van der Waals surface area contributed by atoms with Crippen molar-refractivity contribution in [3.8, 4) is 11.5 Å². The van der Waals surface area contributed by atoms with Crippen LogP contribution in [0.25, 0.3) is 11.5 Å². The van der Waals surface area contributed by atoms with Gasteiger partial charge in [0.15, 0.2) is 0 Å². The molecule has 0 radical (unpaired) electrons. The van der Waals surface area contributed by atoms with Crippen molar-refractivity contribution in [2.75, 3.05) is 0 Å². The van der Waals surface area contributed by atoms with Crippen LogP contribution in [0.15, 0.2) is 74.0 Å². The molecular weight excluding hydrogens is 413 g/mol. The van der Waals surface area contributed by atoms with E-state index in [2.05, 4.69) is 4.98 Å². The van der Waals surface area contributed by atoms with Gasteiger partial charge >= 0.3 is 0 Å². The van der Waals surface area contributed by atoms with Crippen molar-refractivity contribution in [1.29, 1.82) is 0 Å². The van der Waals surface area contributed by atoms with Gasteiger partial charge in [0.05, 0.1) is 15.7 Å². The van der Waals surface area contributed by atoms with Gasteiger partial charge in [-0.15, -0.1) is 0 Å². The molecule has 4 rings (SSSR count). The maximum atomic E-state index is 13.7. The first-order valence-electron chi connectivity index (χ1n) is 9.44. The fraction of sp³-hybridized carbons (Fsp3) is 0.286. The fourth-order valence-electron chi connectivity index (χ4n) is 3.47. The van der Waals surface area contributed by atoms with Crippen LogP contribution >= 0.6 is 0 Å². The summed E-state index contributed by atoms with van der Waals surface area (Å²) in [5.74, 6) is -0.590. The number of aromatic nitrogens is 1. The maximum Gasteiger partial charge on any atom is 0.230 e. The van der Waals surface area contributed by atoms with E-state index < -0.39 is 31.5 Å². The average Bonchev–Trinajstić information content (AvgIpc) is 3.21. The third-order valence-corrected chi connectivity index (χ3v) is 8.49. The molecule has 1 aromatic heterocycles. The first-order valence-corrected chi connectivity index (χ1v) is 12.1. The number of rotatable bonds is 5. The van der Waals surface area contributed by atoms with E-state index in [-0.39, 0.29) is 21.1 Å². The Labute approximate surface area is 171 Å². The van der Waals surface area contributed by atoms with Crippen LogP contribution in [0.4, 0.5) is 4.39 Å². The Morgan fingerprint density at radius 3 is 2.41 bits per heavy atom. The standard InChI is InChI=1S/C21H20FNO4S2/c22-16-10-7-13-18(14-16)29(25,26)20-21(28(24)17-11-5-2-6-12-17)27-19(23-20)15-8-3-1-4-9-15/h1,3-4,7-10,13-14,17H,2,5-6,11-12H2. The summed E-state index contributed by atoms with van der Waals surface area (Å²) >= 11 is 0. The van der Waals surface area contributed by atoms with E-state index in [0.717, 1.165) is 44.2 Å². The lowest BCUT2D eigenvalue weighted by Crippen LogP contribution is -2.20. The number of hydrogen-bond donors (Lipinski definition) is 0. The molecule has 1 aliphatic carbocycles. The number of benzene rings is 2. The Kier molecular flexibility index (Phi) is 5.65. The minimum absolute atomic E-state index is 0.0831. The average molecular weight is 434 g/mol. The van der Waals surface area contributed by atoms with E-state index >= 15 is 0 Å². The van der Waals surface area contributed by atoms with Crippen LogP contribution in [-0.2, 0) is 20.6 Å². The Hall–Kier alpha value is -2.32. The quantitative estimate of drug-likeness (QED) is 0.580. The summed E-state index contributed by atoms with van der Waals surface area (Å²) in [5.41, 5.74) is 0.579. The molecule has 3 aromatic rings. The van der Waals surface area contributed by atoms with Gasteiger partial charge in [0.2, 0.25) is 25.8 Å². The van der Waals surface area contributed by atoms with Gasteiger partial charge in [-0.05, 0) is 43.2 Å². The van der Waals surface area contributed by atoms with E-state index in [1.54, 1.807) is 24.3 Å². The summed E-state index contributed by atoms with van der Waals surface area (Å²) in [6.45, 7) is 0. The summed E-state index contributed by atoms with van der Waals surface area (Å²) in [6, 6.07) is 13.5. The molecule has 1 atom stereocenters. The first kappa shape index (κ1) is 20.0. The monoisotopic (exact) mass is 433 g/mol. The van der Waals surface area contributed by atoms with Crippen LogP contribution < -0.4 is 0 Å². The highest BCUT2D eigenvalue weighted by molar-refractivity contribution is 7.92. The topological polar surface area (TPSA) is 77.2 Å². The molecule has 0 saturated heterocycles. The smallest absolute Gasteiger partial charge is 0.230 e. The molecular formula is C21H20FNO4S2. The van der Waals surface area contributed by atoms with Gasteiger partial charge in [-0.2, -0.15) is 4.98 Å². The fourth-order valence-corrected chi connectivity index (χ4v) is 6.70. The third kappa shape index (κ3) is 4.04. The Morgan fingerprint density at radius 1 is 1.00 bits per heavy atom. The molecule has 0 amide bonds. The zero-order chi connectivity index (χ0) is 20.4. The molecule has 0 N–H and O–H groups in total. The SMILES string of the molecule is O=S(c1oc(-c2ccccc2)nc1S(=O)(=O)c1cccc(F)c1)C1CCCCC1. The van der Waals surface area contributed by atoms with E-state index in [0.29, 0.717) is 5.56 Å². The first-order chi connectivity index (χ1) is 14.0. The summed E-state index contributed by atoms with van der Waals surface area (Å²) in [5, 5.41) is -0.729. The van der Waals surface area contributed by atoms with E-state index in [1.807, 2.05) is 6.07 Å². The second-order valence-corrected chi connectivity index (χ2v) is 10.5. The summed E-state index contributed by atoms with van der Waals surface area (Å²) in [7, 11) is -5.86. The van der Waals surface area contributed by atoms with Crippen molar-refractivity contribution in [3.05, 3.63) is 60.4 Å². The molecule has 0 aliphatic heterocycles. The zero-order valence-corrected chi connectivity index (χ0v) is 17.2. The Balaban J connectivity index is 1.85. The molecule has 1 unspecified atom stereocenters. The molecule has 1 aliphatic rings. The van der Waals surface area contributed by atoms with E-state index in [4.69, 9.17) is 4.42 Å². The van der Waals surface area contributed by atoms with Crippen molar-refractivity contribution in [2.24, 2.45) is 0 Å². The minimum Gasteiger partial charge on any atom is -0.426 e. The molecule has 5 nitrogen and oxygen atoms in total. The second-order valence-electron chi connectivity index (χ2n) is 7.00. The molecule has 1 heterocycles. The lowest BCUT2D eigenvalue weighted by molar-refractivity contribution is 0.447. The molecule has 152 valence electrons. The van der Waals surface area contributed by atoms with Crippen molar-refractivity contribution in [3.63, 3.8) is 0 Å². The third-order valence-electron chi connectivity index (χ3n) is 4.99. The summed E-state index contributed by atoms with van der Waals surface area (Å²) < 4.78 is 59.1. The normalized spacial score (nSPS) is 16.6. The van der Waals surface area contributed by atoms with Crippen molar-refractivity contribution in [1.82, 2.24) is 4.98 Å². The van der Waals surface area contributed by atoms with E-state index in [1.165, 1.54) is 12.1 Å². The maximum absolute atomic E-state index is 13.7. The molecule has 1 saturated carbocycles. The lowest BCUT2D eigenvalue weighted by Gasteiger charge is -2.19. The number of halogens is 1. The molecule has 0 bridgehead atoms. The van der Waals surface area contributed by atoms with Gasteiger partial charge in [-0.25, -0.2) is 12.8 Å². The highest BCUT2D eigenvalue weighted by Crippen LogP contribution is 2.34. The van der Waals surface area contributed by atoms with Crippen LogP contribution in [0.3, 0.4) is 0 Å². The molecule has 8 heteroatoms. The predicted molar refractivity (Wildman–Crippen MR) is 107 cm³/mol. The number of hydrogen-bond acceptors (Lipinski definition) is 5. The Morgan fingerprint density at radius 2 is 1.72 bits per heavy atom. The molecule has 0 spiro atoms. The lowest BCUT2D eigenvalue weighted by atomic mass is 10.0. The number of nitrogens with zero attached hydrogens (tertiary/aromatic N) is 1. The van der Waals surface area contributed by atoms with Crippen LogP contribution in [-0.4, -0.2) is 22.9 Å². The summed E-state index contributed by atoms with van der Waals surface area (Å²) in [4.78, 5) is 3.96. The zero-order valence-electron chi connectivity index (χ0n) is 15.6. The van der Waals surface area contributed by atoms with Gasteiger partial charge in [-0.1, -0.05) is 43.5 Å². The van der Waals surface area contributed by atoms with Crippen molar-refractivity contribution in [2.45, 2.75) is 52.4 Å². The number of oxazole rings is 1. The molecule has 2 aromatic carbocycles. The molecule has 29 heavy (non-hydrogen) atoms. The van der Waals surface area contributed by atoms with Gasteiger partial charge in [-0.3, -0.25) is 4.21 Å². The van der Waals surface area contributed by atoms with Gasteiger partial charge in [0.25, 0.3) is 0 Å². The van der Waals surface area contributed by atoms with Gasteiger partial charge in [0.1, 0.15) is 5.82 Å². The predicted octanol–water partition coefficient (Wildman–Crippen LogP) is 4.75. The van der Waals surface area contributed by atoms with Crippen LogP contribution in [0.5, 0.6) is 0 Å². The van der Waals surface area contributed by atoms with E-state index in [9.17, 15) is 17.0 Å². The van der Waals surface area contributed by atoms with Crippen molar-refractivity contribution >= 4 is 20.6 Å². The van der Waals surface area contributed by atoms with Crippen LogP contribution in [0, 0.1) is 5.82 Å². The van der Waals surface area contributed by atoms with Crippen molar-refractivity contribution < 1.29 is 21.4 Å². The highest BCUT2D eigenvalue weighted by Gasteiger charge is 2.34. The second kappa shape index (κ2) is 8.20. The van der Waals surface area contributed by atoms with Crippen LogP contribution in [0.1, 0.15) is 32.1 Å². The van der Waals surface area contributed by atoms with Gasteiger partial charge in [0, 0.05) is 10.8 Å². The molecule has 1 fully saturated rings. The van der Waals surface area contributed by atoms with Crippen LogP contribution in [0.2, 0.25) is 0 Å². The largest absolute Gasteiger partial charge is 0.426 e. The summed E-state index contributed by atoms with van der Waals surface area (Å²) in [6.07, 6.45) is 4.46. The number of sulfone groups is 1. The Bertz CT molecular complexity index is 1140. The van der Waals surface area contributed by atoms with Gasteiger partial charge < -0.3 is 4.42 Å². The minimum atomic E-state index is -4.20.